The van der Waals surface area contributed by atoms with E-state index in [4.69, 9.17) is 9.84 Å². The number of carboxylic acid groups (broad SMARTS) is 1. The molecule has 9 heteroatoms. The van der Waals surface area contributed by atoms with E-state index >= 15 is 0 Å². The maximum atomic E-state index is 12.7. The quantitative estimate of drug-likeness (QED) is 0.370. The Labute approximate surface area is 203 Å². The summed E-state index contributed by atoms with van der Waals surface area (Å²) in [5.74, 6) is -2.26. The van der Waals surface area contributed by atoms with Crippen LogP contribution in [0.4, 0.5) is 10.5 Å². The molecule has 0 aromatic heterocycles. The Bertz CT molecular complexity index is 1220. The smallest absolute Gasteiger partial charge is 0.411 e. The van der Waals surface area contributed by atoms with Crippen LogP contribution < -0.4 is 10.6 Å². The molecule has 8 nitrogen and oxygen atoms in total. The lowest BCUT2D eigenvalue weighted by atomic mass is 9.98. The van der Waals surface area contributed by atoms with Crippen LogP contribution in [0.1, 0.15) is 27.4 Å². The molecule has 174 valence electrons. The van der Waals surface area contributed by atoms with Crippen LogP contribution in [0.25, 0.3) is 11.1 Å². The fraction of sp³-hybridized carbons (Fsp3) is 0.160. The highest BCUT2D eigenvalue weighted by molar-refractivity contribution is 9.10. The van der Waals surface area contributed by atoms with Crippen LogP contribution in [0.5, 0.6) is 0 Å². The molecule has 34 heavy (non-hydrogen) atoms. The minimum atomic E-state index is -1.47. The van der Waals surface area contributed by atoms with E-state index in [2.05, 4.69) is 26.6 Å². The van der Waals surface area contributed by atoms with E-state index in [0.29, 0.717) is 4.47 Å². The highest BCUT2D eigenvalue weighted by Gasteiger charge is 2.29. The number of aliphatic hydroxyl groups is 1. The summed E-state index contributed by atoms with van der Waals surface area (Å²) in [6.07, 6.45) is -0.758. The number of nitrogens with one attached hydrogen (secondary N) is 2. The SMILES string of the molecule is O=C(Nc1cc(Br)ccc1C(=O)N[C@@H](CO)C(=O)O)OCC1c2ccccc2-c2ccccc21. The van der Waals surface area contributed by atoms with Gasteiger partial charge in [0.1, 0.15) is 6.61 Å². The number of carbonyl (C=O) groups excluding carboxylic acids is 2. The van der Waals surface area contributed by atoms with Crippen molar-refractivity contribution in [3.05, 3.63) is 87.9 Å². The van der Waals surface area contributed by atoms with Gasteiger partial charge in [0.15, 0.2) is 6.04 Å². The van der Waals surface area contributed by atoms with Crippen molar-refractivity contribution in [2.75, 3.05) is 18.5 Å². The van der Waals surface area contributed by atoms with Crippen molar-refractivity contribution in [3.63, 3.8) is 0 Å². The van der Waals surface area contributed by atoms with Crippen LogP contribution in [-0.4, -0.2) is 47.4 Å². The van der Waals surface area contributed by atoms with Crippen LogP contribution in [0, 0.1) is 0 Å². The first-order chi connectivity index (χ1) is 16.4. The summed E-state index contributed by atoms with van der Waals surface area (Å²) >= 11 is 3.29. The third kappa shape index (κ3) is 4.80. The Morgan fingerprint density at radius 1 is 0.971 bits per heavy atom. The number of halogens is 1. The maximum Gasteiger partial charge on any atom is 0.411 e. The first kappa shape index (κ1) is 23.5. The van der Waals surface area contributed by atoms with Gasteiger partial charge in [0, 0.05) is 10.4 Å². The molecule has 0 heterocycles. The van der Waals surface area contributed by atoms with Gasteiger partial charge in [0.05, 0.1) is 17.9 Å². The van der Waals surface area contributed by atoms with Gasteiger partial charge in [-0.3, -0.25) is 10.1 Å². The largest absolute Gasteiger partial charge is 0.480 e. The molecule has 2 amide bonds. The van der Waals surface area contributed by atoms with Gasteiger partial charge in [0.25, 0.3) is 5.91 Å². The average molecular weight is 525 g/mol. The molecular weight excluding hydrogens is 504 g/mol. The van der Waals surface area contributed by atoms with Crippen molar-refractivity contribution in [1.29, 1.82) is 0 Å². The molecule has 0 saturated carbocycles. The molecule has 1 aliphatic carbocycles. The van der Waals surface area contributed by atoms with Crippen LogP contribution in [-0.2, 0) is 9.53 Å². The van der Waals surface area contributed by atoms with Gasteiger partial charge in [-0.25, -0.2) is 9.59 Å². The zero-order valence-corrected chi connectivity index (χ0v) is 19.4. The first-order valence-corrected chi connectivity index (χ1v) is 11.2. The lowest BCUT2D eigenvalue weighted by molar-refractivity contribution is -0.140. The van der Waals surface area contributed by atoms with E-state index in [-0.39, 0.29) is 23.8 Å². The van der Waals surface area contributed by atoms with Gasteiger partial charge in [-0.2, -0.15) is 0 Å². The summed E-state index contributed by atoms with van der Waals surface area (Å²) in [5, 5.41) is 23.0. The van der Waals surface area contributed by atoms with Crippen LogP contribution in [0.2, 0.25) is 0 Å². The molecule has 0 aliphatic heterocycles. The summed E-state index contributed by atoms with van der Waals surface area (Å²) in [5.41, 5.74) is 4.51. The summed E-state index contributed by atoms with van der Waals surface area (Å²) in [6.45, 7) is -0.673. The second kappa shape index (κ2) is 10.1. The Hall–Kier alpha value is -3.69. The third-order valence-electron chi connectivity index (χ3n) is 5.59. The van der Waals surface area contributed by atoms with Crippen molar-refractivity contribution in [2.24, 2.45) is 0 Å². The predicted octanol–water partition coefficient (Wildman–Crippen LogP) is 3.99. The molecule has 4 N–H and O–H groups in total. The Kier molecular flexibility index (Phi) is 6.95. The number of benzene rings is 3. The highest BCUT2D eigenvalue weighted by atomic mass is 79.9. The summed E-state index contributed by atoms with van der Waals surface area (Å²) in [7, 11) is 0. The van der Waals surface area contributed by atoms with Gasteiger partial charge in [-0.05, 0) is 40.5 Å². The van der Waals surface area contributed by atoms with Crippen molar-refractivity contribution in [3.8, 4) is 11.1 Å². The van der Waals surface area contributed by atoms with Crippen LogP contribution in [0.15, 0.2) is 71.2 Å². The van der Waals surface area contributed by atoms with Crippen LogP contribution in [0.3, 0.4) is 0 Å². The van der Waals surface area contributed by atoms with Crippen LogP contribution >= 0.6 is 15.9 Å². The predicted molar refractivity (Wildman–Crippen MR) is 129 cm³/mol. The molecule has 3 aromatic rings. The number of hydrogen-bond acceptors (Lipinski definition) is 5. The Morgan fingerprint density at radius 3 is 2.18 bits per heavy atom. The first-order valence-electron chi connectivity index (χ1n) is 10.4. The number of anilines is 1. The normalized spacial score (nSPS) is 12.9. The van der Waals surface area contributed by atoms with E-state index in [1.54, 1.807) is 6.07 Å². The number of rotatable bonds is 7. The molecule has 0 fully saturated rings. The van der Waals surface area contributed by atoms with Crippen molar-refractivity contribution in [1.82, 2.24) is 5.32 Å². The number of amides is 2. The summed E-state index contributed by atoms with van der Waals surface area (Å²) in [4.78, 5) is 36.4. The number of ether oxygens (including phenoxy) is 1. The number of aliphatic carboxylic acids is 1. The molecule has 1 atom stereocenters. The van der Waals surface area contributed by atoms with Crippen molar-refractivity contribution >= 4 is 39.6 Å². The van der Waals surface area contributed by atoms with Gasteiger partial charge in [0.2, 0.25) is 0 Å². The van der Waals surface area contributed by atoms with Gasteiger partial charge >= 0.3 is 12.1 Å². The molecule has 0 spiro atoms. The molecule has 3 aromatic carbocycles. The molecular formula is C25H21BrN2O6. The second-order valence-corrected chi connectivity index (χ2v) is 8.60. The zero-order chi connectivity index (χ0) is 24.2. The molecule has 0 saturated heterocycles. The number of fused-ring (bicyclic) bond motifs is 3. The molecule has 0 radical (unpaired) electrons. The van der Waals surface area contributed by atoms with Crippen molar-refractivity contribution in [2.45, 2.75) is 12.0 Å². The van der Waals surface area contributed by atoms with E-state index in [1.165, 1.54) is 12.1 Å². The summed E-state index contributed by atoms with van der Waals surface area (Å²) < 4.78 is 6.12. The minimum Gasteiger partial charge on any atom is -0.480 e. The molecule has 0 unspecified atom stereocenters. The minimum absolute atomic E-state index is 0.0245. The standard InChI is InChI=1S/C25H21BrN2O6/c26-14-9-10-19(23(30)27-22(12-29)24(31)32)21(11-14)28-25(33)34-13-20-17-7-3-1-5-15(17)16-6-2-4-8-18(16)20/h1-11,20,22,29H,12-13H2,(H,27,30)(H,28,33)(H,31,32)/t22-/m0/s1. The molecule has 1 aliphatic rings. The monoisotopic (exact) mass is 524 g/mol. The van der Waals surface area contributed by atoms with Crippen molar-refractivity contribution < 1.29 is 29.3 Å². The second-order valence-electron chi connectivity index (χ2n) is 7.69. The summed E-state index contributed by atoms with van der Waals surface area (Å²) in [6, 6.07) is 19.0. The molecule has 4 rings (SSSR count). The Balaban J connectivity index is 1.48. The van der Waals surface area contributed by atoms with Gasteiger partial charge < -0.3 is 20.3 Å². The fourth-order valence-corrected chi connectivity index (χ4v) is 4.34. The molecule has 0 bridgehead atoms. The number of carbonyl (C=O) groups is 3. The topological polar surface area (TPSA) is 125 Å². The average Bonchev–Trinajstić information content (AvgIpc) is 3.14. The Morgan fingerprint density at radius 2 is 1.59 bits per heavy atom. The fourth-order valence-electron chi connectivity index (χ4n) is 3.98. The number of hydrogen-bond donors (Lipinski definition) is 4. The lowest BCUT2D eigenvalue weighted by Gasteiger charge is -2.17. The number of aliphatic hydroxyl groups excluding tert-OH is 1. The van der Waals surface area contributed by atoms with E-state index in [0.717, 1.165) is 22.3 Å². The van der Waals surface area contributed by atoms with E-state index < -0.39 is 30.6 Å². The zero-order valence-electron chi connectivity index (χ0n) is 17.8. The third-order valence-corrected chi connectivity index (χ3v) is 6.09. The van der Waals surface area contributed by atoms with Gasteiger partial charge in [-0.1, -0.05) is 64.5 Å². The number of carboxylic acids is 1. The van der Waals surface area contributed by atoms with E-state index in [1.807, 2.05) is 48.5 Å². The maximum absolute atomic E-state index is 12.7. The lowest BCUT2D eigenvalue weighted by Crippen LogP contribution is -2.43. The van der Waals surface area contributed by atoms with Gasteiger partial charge in [-0.15, -0.1) is 0 Å². The van der Waals surface area contributed by atoms with E-state index in [9.17, 15) is 19.5 Å². The highest BCUT2D eigenvalue weighted by Crippen LogP contribution is 2.44.